The van der Waals surface area contributed by atoms with Gasteiger partial charge < -0.3 is 4.42 Å². The third kappa shape index (κ3) is 4.87. The van der Waals surface area contributed by atoms with Crippen LogP contribution in [0.15, 0.2) is 168 Å². The van der Waals surface area contributed by atoms with Crippen molar-refractivity contribution < 1.29 is 4.42 Å². The molecule has 4 nitrogen and oxygen atoms in total. The molecule has 1 aliphatic carbocycles. The summed E-state index contributed by atoms with van der Waals surface area (Å²) in [5, 5.41) is 2.24. The zero-order valence-corrected chi connectivity index (χ0v) is 28.8. The van der Waals surface area contributed by atoms with Crippen LogP contribution >= 0.6 is 0 Å². The maximum absolute atomic E-state index is 6.76. The van der Waals surface area contributed by atoms with Gasteiger partial charge in [0.15, 0.2) is 17.5 Å². The Bertz CT molecular complexity index is 2800. The molecule has 0 N–H and O–H groups in total. The first-order valence-electron chi connectivity index (χ1n) is 17.7. The number of hydrogen-bond acceptors (Lipinski definition) is 4. The van der Waals surface area contributed by atoms with E-state index in [4.69, 9.17) is 19.4 Å². The molecule has 9 aromatic rings. The molecule has 0 unspecified atom stereocenters. The second kappa shape index (κ2) is 11.7. The number of furan rings is 1. The number of hydrogen-bond donors (Lipinski definition) is 0. The monoisotopic (exact) mass is 667 g/mol. The summed E-state index contributed by atoms with van der Waals surface area (Å²) in [6.07, 6.45) is 0. The van der Waals surface area contributed by atoms with Crippen LogP contribution in [0.3, 0.4) is 0 Å². The molecule has 0 aliphatic heterocycles. The van der Waals surface area contributed by atoms with Crippen LogP contribution in [0.5, 0.6) is 0 Å². The summed E-state index contributed by atoms with van der Waals surface area (Å²) >= 11 is 0. The molecule has 2 heterocycles. The smallest absolute Gasteiger partial charge is 0.164 e. The summed E-state index contributed by atoms with van der Waals surface area (Å²) in [6, 6.07) is 57.1. The lowest BCUT2D eigenvalue weighted by molar-refractivity contribution is 0.648. The highest BCUT2D eigenvalue weighted by molar-refractivity contribution is 6.11. The van der Waals surface area contributed by atoms with Crippen LogP contribution in [-0.2, 0) is 5.41 Å². The van der Waals surface area contributed by atoms with Crippen LogP contribution in [0.1, 0.15) is 25.0 Å². The fourth-order valence-electron chi connectivity index (χ4n) is 7.84. The number of benzene rings is 7. The van der Waals surface area contributed by atoms with Gasteiger partial charge in [-0.05, 0) is 57.1 Å². The van der Waals surface area contributed by atoms with Gasteiger partial charge in [-0.2, -0.15) is 0 Å². The number of para-hydroxylation sites is 1. The number of fused-ring (bicyclic) bond motifs is 6. The molecule has 0 bridgehead atoms. The van der Waals surface area contributed by atoms with Gasteiger partial charge >= 0.3 is 0 Å². The molecular weight excluding hydrogens is 635 g/mol. The van der Waals surface area contributed by atoms with Crippen LogP contribution in [0, 0.1) is 0 Å². The van der Waals surface area contributed by atoms with Gasteiger partial charge in [-0.1, -0.05) is 159 Å². The van der Waals surface area contributed by atoms with Crippen molar-refractivity contribution in [2.75, 3.05) is 0 Å². The zero-order chi connectivity index (χ0) is 34.8. The molecule has 0 amide bonds. The highest BCUT2D eigenvalue weighted by atomic mass is 16.3. The number of aromatic nitrogens is 3. The Morgan fingerprint density at radius 2 is 0.923 bits per heavy atom. The van der Waals surface area contributed by atoms with Gasteiger partial charge in [-0.25, -0.2) is 15.0 Å². The highest BCUT2D eigenvalue weighted by Gasteiger charge is 2.36. The maximum atomic E-state index is 6.76. The van der Waals surface area contributed by atoms with Crippen LogP contribution in [0.4, 0.5) is 0 Å². The van der Waals surface area contributed by atoms with Gasteiger partial charge in [0.1, 0.15) is 11.2 Å². The molecule has 0 fully saturated rings. The molecule has 0 atom stereocenters. The lowest BCUT2D eigenvalue weighted by Gasteiger charge is -2.21. The number of nitrogens with zero attached hydrogens (tertiary/aromatic N) is 3. The van der Waals surface area contributed by atoms with Crippen LogP contribution < -0.4 is 0 Å². The SMILES string of the molecule is CC1(C)c2ccccc2-c2cc3c(cc21)oc1c(-c2cccc(-c4nc(-c5ccccc5)nc(-c5ccc(-c6ccccc6)cc5)n4)c2)cccc13. The molecule has 246 valence electrons. The fraction of sp³-hybridized carbons (Fsp3) is 0.0625. The first-order valence-corrected chi connectivity index (χ1v) is 17.7. The van der Waals surface area contributed by atoms with Gasteiger partial charge in [0.25, 0.3) is 0 Å². The molecule has 2 aromatic heterocycles. The van der Waals surface area contributed by atoms with Crippen molar-refractivity contribution in [1.29, 1.82) is 0 Å². The Kier molecular flexibility index (Phi) is 6.80. The summed E-state index contributed by atoms with van der Waals surface area (Å²) in [7, 11) is 0. The van der Waals surface area contributed by atoms with Crippen LogP contribution in [-0.4, -0.2) is 15.0 Å². The molecule has 1 aliphatic rings. The third-order valence-corrected chi connectivity index (χ3v) is 10.6. The average Bonchev–Trinajstić information content (AvgIpc) is 3.69. The van der Waals surface area contributed by atoms with E-state index in [1.54, 1.807) is 0 Å². The topological polar surface area (TPSA) is 51.8 Å². The summed E-state index contributed by atoms with van der Waals surface area (Å²) in [6.45, 7) is 4.61. The molecular formula is C48H33N3O. The normalized spacial score (nSPS) is 13.0. The van der Waals surface area contributed by atoms with E-state index >= 15 is 0 Å². The zero-order valence-electron chi connectivity index (χ0n) is 28.8. The lowest BCUT2D eigenvalue weighted by Crippen LogP contribution is -2.14. The predicted molar refractivity (Wildman–Crippen MR) is 212 cm³/mol. The summed E-state index contributed by atoms with van der Waals surface area (Å²) in [4.78, 5) is 15.0. The molecule has 0 saturated carbocycles. The second-order valence-electron chi connectivity index (χ2n) is 14.0. The van der Waals surface area contributed by atoms with E-state index in [0.29, 0.717) is 17.5 Å². The summed E-state index contributed by atoms with van der Waals surface area (Å²) in [5.74, 6) is 1.88. The van der Waals surface area contributed by atoms with Crippen molar-refractivity contribution in [3.8, 4) is 67.5 Å². The minimum Gasteiger partial charge on any atom is -0.455 e. The maximum Gasteiger partial charge on any atom is 0.164 e. The first kappa shape index (κ1) is 30.2. The second-order valence-corrected chi connectivity index (χ2v) is 14.0. The van der Waals surface area contributed by atoms with E-state index in [-0.39, 0.29) is 5.41 Å². The van der Waals surface area contributed by atoms with E-state index in [1.807, 2.05) is 36.4 Å². The summed E-state index contributed by atoms with van der Waals surface area (Å²) in [5.41, 5.74) is 14.1. The first-order chi connectivity index (χ1) is 25.5. The van der Waals surface area contributed by atoms with E-state index in [2.05, 4.69) is 141 Å². The van der Waals surface area contributed by atoms with Crippen molar-refractivity contribution >= 4 is 21.9 Å². The molecule has 7 aromatic carbocycles. The third-order valence-electron chi connectivity index (χ3n) is 10.6. The molecule has 4 heteroatoms. The van der Waals surface area contributed by atoms with Crippen molar-refractivity contribution in [3.63, 3.8) is 0 Å². The van der Waals surface area contributed by atoms with E-state index < -0.39 is 0 Å². The Hall–Kier alpha value is -6.65. The average molecular weight is 668 g/mol. The Morgan fingerprint density at radius 3 is 1.67 bits per heavy atom. The van der Waals surface area contributed by atoms with Gasteiger partial charge in [0.05, 0.1) is 0 Å². The van der Waals surface area contributed by atoms with E-state index in [1.165, 1.54) is 27.8 Å². The predicted octanol–water partition coefficient (Wildman–Crippen LogP) is 12.4. The molecule has 0 spiro atoms. The molecule has 0 saturated heterocycles. The van der Waals surface area contributed by atoms with Crippen molar-refractivity contribution in [3.05, 3.63) is 175 Å². The largest absolute Gasteiger partial charge is 0.455 e. The van der Waals surface area contributed by atoms with Gasteiger partial charge in [0, 0.05) is 38.4 Å². The standard InChI is InChI=1S/C48H33N3O/c1-48(2)41-22-10-9-19-37(41)39-28-40-38-21-12-20-36(44(38)52-43(40)29-42(39)48)34-17-11-18-35(27-34)47-50-45(32-15-7-4-8-16-32)49-46(51-47)33-25-23-31(24-26-33)30-13-5-3-6-14-30/h3-29H,1-2H3. The van der Waals surface area contributed by atoms with Crippen molar-refractivity contribution in [1.82, 2.24) is 15.0 Å². The van der Waals surface area contributed by atoms with Gasteiger partial charge in [-0.15, -0.1) is 0 Å². The highest BCUT2D eigenvalue weighted by Crippen LogP contribution is 2.51. The molecule has 10 rings (SSSR count). The van der Waals surface area contributed by atoms with Crippen LogP contribution in [0.25, 0.3) is 89.5 Å². The minimum atomic E-state index is -0.0951. The lowest BCUT2D eigenvalue weighted by atomic mass is 9.82. The molecule has 52 heavy (non-hydrogen) atoms. The van der Waals surface area contributed by atoms with E-state index in [0.717, 1.165) is 55.3 Å². The quantitative estimate of drug-likeness (QED) is 0.183. The fourth-order valence-corrected chi connectivity index (χ4v) is 7.84. The van der Waals surface area contributed by atoms with Gasteiger partial charge in [0.2, 0.25) is 0 Å². The Balaban J connectivity index is 1.08. The van der Waals surface area contributed by atoms with Crippen molar-refractivity contribution in [2.24, 2.45) is 0 Å². The minimum absolute atomic E-state index is 0.0951. The number of rotatable bonds is 5. The van der Waals surface area contributed by atoms with Crippen molar-refractivity contribution in [2.45, 2.75) is 19.3 Å². The van der Waals surface area contributed by atoms with Gasteiger partial charge in [-0.3, -0.25) is 0 Å². The van der Waals surface area contributed by atoms with E-state index in [9.17, 15) is 0 Å². The van der Waals surface area contributed by atoms with Crippen LogP contribution in [0.2, 0.25) is 0 Å². The summed E-state index contributed by atoms with van der Waals surface area (Å²) < 4.78 is 6.76. The Morgan fingerprint density at radius 1 is 0.385 bits per heavy atom. The molecule has 0 radical (unpaired) electrons. The Labute approximate surface area is 302 Å².